The fourth-order valence-corrected chi connectivity index (χ4v) is 2.24. The van der Waals surface area contributed by atoms with Gasteiger partial charge in [-0.15, -0.1) is 0 Å². The lowest BCUT2D eigenvalue weighted by atomic mass is 10.1. The third-order valence-corrected chi connectivity index (χ3v) is 3.37. The number of aromatic amines is 2. The molecule has 1 heterocycles. The van der Waals surface area contributed by atoms with Crippen LogP contribution in [0.2, 0.25) is 0 Å². The van der Waals surface area contributed by atoms with E-state index < -0.39 is 0 Å². The highest BCUT2D eigenvalue weighted by atomic mass is 16.5. The molecule has 0 spiro atoms. The number of carbonyl (C=O) groups is 1. The van der Waals surface area contributed by atoms with Gasteiger partial charge in [0.25, 0.3) is 5.91 Å². The van der Waals surface area contributed by atoms with Gasteiger partial charge in [-0.25, -0.2) is 4.79 Å². The van der Waals surface area contributed by atoms with Gasteiger partial charge in [-0.1, -0.05) is 12.1 Å². The van der Waals surface area contributed by atoms with Crippen LogP contribution < -0.4 is 15.7 Å². The summed E-state index contributed by atoms with van der Waals surface area (Å²) in [5.74, 6) is 0.459. The average molecular weight is 297 g/mol. The summed E-state index contributed by atoms with van der Waals surface area (Å²) in [7, 11) is 1.56. The van der Waals surface area contributed by atoms with Crippen LogP contribution in [-0.4, -0.2) is 23.0 Å². The largest absolute Gasteiger partial charge is 0.497 e. The van der Waals surface area contributed by atoms with E-state index in [0.717, 1.165) is 16.6 Å². The van der Waals surface area contributed by atoms with E-state index in [1.165, 1.54) is 0 Å². The Kier molecular flexibility index (Phi) is 3.65. The number of amides is 1. The van der Waals surface area contributed by atoms with Gasteiger partial charge >= 0.3 is 5.69 Å². The molecular weight excluding hydrogens is 282 g/mol. The van der Waals surface area contributed by atoms with Crippen LogP contribution in [-0.2, 0) is 6.54 Å². The Hall–Kier alpha value is -3.02. The first kappa shape index (κ1) is 13.9. The van der Waals surface area contributed by atoms with Crippen LogP contribution in [0.5, 0.6) is 5.75 Å². The monoisotopic (exact) mass is 297 g/mol. The molecule has 0 unspecified atom stereocenters. The maximum absolute atomic E-state index is 12.1. The second kappa shape index (κ2) is 5.77. The molecular formula is C16H15N3O3. The quantitative estimate of drug-likeness (QED) is 0.686. The first-order chi connectivity index (χ1) is 10.7. The van der Waals surface area contributed by atoms with Crippen LogP contribution in [0.1, 0.15) is 15.9 Å². The van der Waals surface area contributed by atoms with Crippen molar-refractivity contribution in [1.29, 1.82) is 0 Å². The minimum absolute atomic E-state index is 0.179. The van der Waals surface area contributed by atoms with E-state index in [1.807, 2.05) is 12.1 Å². The van der Waals surface area contributed by atoms with Crippen LogP contribution >= 0.6 is 0 Å². The number of hydrogen-bond acceptors (Lipinski definition) is 3. The zero-order valence-corrected chi connectivity index (χ0v) is 12.0. The molecule has 22 heavy (non-hydrogen) atoms. The number of hydrogen-bond donors (Lipinski definition) is 3. The summed E-state index contributed by atoms with van der Waals surface area (Å²) < 4.78 is 5.10. The normalized spacial score (nSPS) is 10.6. The van der Waals surface area contributed by atoms with E-state index >= 15 is 0 Å². The Morgan fingerprint density at radius 2 is 1.95 bits per heavy atom. The van der Waals surface area contributed by atoms with Crippen molar-refractivity contribution in [3.63, 3.8) is 0 Å². The number of aromatic nitrogens is 2. The summed E-state index contributed by atoms with van der Waals surface area (Å²) in [4.78, 5) is 28.7. The van der Waals surface area contributed by atoms with Gasteiger partial charge in [0.15, 0.2) is 0 Å². The number of ether oxygens (including phenoxy) is 1. The van der Waals surface area contributed by atoms with E-state index in [2.05, 4.69) is 15.3 Å². The predicted octanol–water partition coefficient (Wildman–Crippen LogP) is 1.79. The van der Waals surface area contributed by atoms with Gasteiger partial charge in [0, 0.05) is 12.1 Å². The molecule has 1 amide bonds. The molecule has 3 N–H and O–H groups in total. The number of nitrogens with one attached hydrogen (secondary N) is 3. The van der Waals surface area contributed by atoms with Crippen LogP contribution in [0.3, 0.4) is 0 Å². The molecule has 0 saturated heterocycles. The molecule has 0 atom stereocenters. The van der Waals surface area contributed by atoms with Crippen LogP contribution in [0.4, 0.5) is 0 Å². The van der Waals surface area contributed by atoms with E-state index in [1.54, 1.807) is 37.4 Å². The lowest BCUT2D eigenvalue weighted by Gasteiger charge is -2.07. The molecule has 6 heteroatoms. The van der Waals surface area contributed by atoms with Crippen molar-refractivity contribution < 1.29 is 9.53 Å². The van der Waals surface area contributed by atoms with Gasteiger partial charge in [-0.3, -0.25) is 4.79 Å². The fourth-order valence-electron chi connectivity index (χ4n) is 2.24. The molecule has 2 aromatic carbocycles. The first-order valence-electron chi connectivity index (χ1n) is 6.79. The maximum atomic E-state index is 12.1. The van der Waals surface area contributed by atoms with Gasteiger partial charge < -0.3 is 20.0 Å². The molecule has 3 aromatic rings. The second-order valence-electron chi connectivity index (χ2n) is 4.87. The Morgan fingerprint density at radius 3 is 2.77 bits per heavy atom. The van der Waals surface area contributed by atoms with E-state index in [9.17, 15) is 9.59 Å². The number of imidazole rings is 1. The number of H-pyrrole nitrogens is 2. The lowest BCUT2D eigenvalue weighted by Crippen LogP contribution is -2.22. The zero-order chi connectivity index (χ0) is 15.5. The number of methoxy groups -OCH3 is 1. The van der Waals surface area contributed by atoms with Gasteiger partial charge in [0.1, 0.15) is 5.75 Å². The molecule has 1 aromatic heterocycles. The third-order valence-electron chi connectivity index (χ3n) is 3.37. The third kappa shape index (κ3) is 2.85. The molecule has 0 aliphatic carbocycles. The van der Waals surface area contributed by atoms with Crippen molar-refractivity contribution in [2.75, 3.05) is 7.11 Å². The van der Waals surface area contributed by atoms with Gasteiger partial charge in [0.05, 0.1) is 18.1 Å². The SMILES string of the molecule is COc1cccc(C(=O)NCc2ccc3[nH]c(=O)[nH]c3c2)c1. The van der Waals surface area contributed by atoms with E-state index in [-0.39, 0.29) is 11.6 Å². The minimum atomic E-state index is -0.243. The molecule has 112 valence electrons. The molecule has 0 saturated carbocycles. The standard InChI is InChI=1S/C16H15N3O3/c1-22-12-4-2-3-11(8-12)15(20)17-9-10-5-6-13-14(7-10)19-16(21)18-13/h2-8H,9H2,1H3,(H,17,20)(H2,18,19,21). The molecule has 0 aliphatic heterocycles. The molecule has 6 nitrogen and oxygen atoms in total. The molecule has 3 rings (SSSR count). The maximum Gasteiger partial charge on any atom is 0.323 e. The lowest BCUT2D eigenvalue weighted by molar-refractivity contribution is 0.0950. The van der Waals surface area contributed by atoms with Crippen molar-refractivity contribution in [3.05, 3.63) is 64.1 Å². The van der Waals surface area contributed by atoms with E-state index in [4.69, 9.17) is 4.74 Å². The summed E-state index contributed by atoms with van der Waals surface area (Å²) in [5, 5.41) is 2.84. The smallest absolute Gasteiger partial charge is 0.323 e. The summed E-state index contributed by atoms with van der Waals surface area (Å²) in [6, 6.07) is 12.5. The van der Waals surface area contributed by atoms with E-state index in [0.29, 0.717) is 17.9 Å². The van der Waals surface area contributed by atoms with Crippen molar-refractivity contribution in [2.24, 2.45) is 0 Å². The Bertz CT molecular complexity index is 879. The van der Waals surface area contributed by atoms with Crippen LogP contribution in [0.25, 0.3) is 11.0 Å². The van der Waals surface area contributed by atoms with Crippen molar-refractivity contribution in [1.82, 2.24) is 15.3 Å². The first-order valence-corrected chi connectivity index (χ1v) is 6.79. The second-order valence-corrected chi connectivity index (χ2v) is 4.87. The van der Waals surface area contributed by atoms with Gasteiger partial charge in [0.2, 0.25) is 0 Å². The molecule has 0 fully saturated rings. The summed E-state index contributed by atoms with van der Waals surface area (Å²) in [6.45, 7) is 0.374. The average Bonchev–Trinajstić information content (AvgIpc) is 2.91. The number of carbonyl (C=O) groups excluding carboxylic acids is 1. The zero-order valence-electron chi connectivity index (χ0n) is 12.0. The number of benzene rings is 2. The summed E-state index contributed by atoms with van der Waals surface area (Å²) in [5.41, 5.74) is 2.66. The van der Waals surface area contributed by atoms with Crippen molar-refractivity contribution >= 4 is 16.9 Å². The summed E-state index contributed by atoms with van der Waals surface area (Å²) in [6.07, 6.45) is 0. The number of rotatable bonds is 4. The van der Waals surface area contributed by atoms with Crippen LogP contribution in [0, 0.1) is 0 Å². The van der Waals surface area contributed by atoms with Crippen molar-refractivity contribution in [3.8, 4) is 5.75 Å². The molecule has 0 bridgehead atoms. The Labute approximate surface area is 126 Å². The molecule has 0 aliphatic rings. The highest BCUT2D eigenvalue weighted by Gasteiger charge is 2.07. The topological polar surface area (TPSA) is 87.0 Å². The highest BCUT2D eigenvalue weighted by molar-refractivity contribution is 5.94. The van der Waals surface area contributed by atoms with Gasteiger partial charge in [-0.05, 0) is 35.9 Å². The van der Waals surface area contributed by atoms with Crippen LogP contribution in [0.15, 0.2) is 47.3 Å². The fraction of sp³-hybridized carbons (Fsp3) is 0.125. The number of fused-ring (bicyclic) bond motifs is 1. The molecule has 0 radical (unpaired) electrons. The van der Waals surface area contributed by atoms with Crippen molar-refractivity contribution in [2.45, 2.75) is 6.54 Å². The Balaban J connectivity index is 1.72. The minimum Gasteiger partial charge on any atom is -0.497 e. The van der Waals surface area contributed by atoms with Gasteiger partial charge in [-0.2, -0.15) is 0 Å². The summed E-state index contributed by atoms with van der Waals surface area (Å²) >= 11 is 0. The highest BCUT2D eigenvalue weighted by Crippen LogP contribution is 2.13. The predicted molar refractivity (Wildman–Crippen MR) is 83.1 cm³/mol. The Morgan fingerprint density at radius 1 is 1.14 bits per heavy atom.